The Kier molecular flexibility index (Phi) is 4.43. The largest absolute Gasteiger partial charge is 0.494 e. The van der Waals surface area contributed by atoms with Crippen molar-refractivity contribution in [3.05, 3.63) is 33.8 Å². The van der Waals surface area contributed by atoms with Gasteiger partial charge in [-0.1, -0.05) is 13.8 Å². The number of aldehydes is 1. The van der Waals surface area contributed by atoms with Gasteiger partial charge in [0, 0.05) is 18.2 Å². The first-order chi connectivity index (χ1) is 11.9. The maximum absolute atomic E-state index is 12.7. The molecule has 3 rings (SSSR count). The molecular formula is C17H20N4O4. The predicted octanol–water partition coefficient (Wildman–Crippen LogP) is 0.962. The second-order valence-electron chi connectivity index (χ2n) is 6.59. The van der Waals surface area contributed by atoms with Gasteiger partial charge in [-0.25, -0.2) is 0 Å². The smallest absolute Gasteiger partial charge is 0.291 e. The number of hydrogen-bond acceptors (Lipinski definition) is 5. The van der Waals surface area contributed by atoms with Gasteiger partial charge in [0.05, 0.1) is 6.20 Å². The zero-order valence-electron chi connectivity index (χ0n) is 14.1. The normalized spacial score (nSPS) is 14.5. The summed E-state index contributed by atoms with van der Waals surface area (Å²) in [5.41, 5.74) is -0.142. The van der Waals surface area contributed by atoms with Crippen molar-refractivity contribution in [3.8, 4) is 5.88 Å². The highest BCUT2D eigenvalue weighted by Gasteiger charge is 2.29. The Labute approximate surface area is 143 Å². The zero-order chi connectivity index (χ0) is 18.1. The fourth-order valence-electron chi connectivity index (χ4n) is 2.69. The molecule has 1 saturated carbocycles. The standard InChI is InChI=1S/C17H20N4O4/c1-10(2)9-20-15-11(4-3-7-22)8-18-21(15)17(25)13(16(20)24)14(23)19-12-5-6-12/h3-4,7-8,10,12,24H,5-6,9H2,1-2H3,(H,19,23)/b4-3+. The van der Waals surface area contributed by atoms with E-state index in [0.717, 1.165) is 17.4 Å². The summed E-state index contributed by atoms with van der Waals surface area (Å²) in [5.74, 6) is -0.829. The van der Waals surface area contributed by atoms with Crippen LogP contribution in [0.3, 0.4) is 0 Å². The Morgan fingerprint density at radius 2 is 2.20 bits per heavy atom. The average Bonchev–Trinajstić information content (AvgIpc) is 3.25. The van der Waals surface area contributed by atoms with E-state index in [-0.39, 0.29) is 23.4 Å². The first kappa shape index (κ1) is 16.9. The molecule has 0 radical (unpaired) electrons. The first-order valence-corrected chi connectivity index (χ1v) is 8.20. The summed E-state index contributed by atoms with van der Waals surface area (Å²) in [4.78, 5) is 35.7. The van der Waals surface area contributed by atoms with E-state index in [4.69, 9.17) is 0 Å². The Morgan fingerprint density at radius 1 is 1.48 bits per heavy atom. The predicted molar refractivity (Wildman–Crippen MR) is 91.5 cm³/mol. The van der Waals surface area contributed by atoms with Crippen molar-refractivity contribution in [3.63, 3.8) is 0 Å². The Bertz CT molecular complexity index is 919. The molecule has 1 fully saturated rings. The van der Waals surface area contributed by atoms with Crippen LogP contribution in [0.4, 0.5) is 0 Å². The molecule has 1 aliphatic carbocycles. The molecule has 8 nitrogen and oxygen atoms in total. The molecule has 0 bridgehead atoms. The van der Waals surface area contributed by atoms with Crippen LogP contribution >= 0.6 is 0 Å². The number of carbonyl (C=O) groups excluding carboxylic acids is 2. The van der Waals surface area contributed by atoms with Crippen LogP contribution in [0.1, 0.15) is 42.6 Å². The quantitative estimate of drug-likeness (QED) is 0.600. The molecule has 0 aliphatic heterocycles. The molecule has 8 heteroatoms. The number of hydrogen-bond donors (Lipinski definition) is 2. The molecule has 2 heterocycles. The Balaban J connectivity index is 2.25. The van der Waals surface area contributed by atoms with Gasteiger partial charge in [0.15, 0.2) is 5.56 Å². The van der Waals surface area contributed by atoms with Crippen molar-refractivity contribution >= 4 is 23.9 Å². The summed E-state index contributed by atoms with van der Waals surface area (Å²) in [7, 11) is 0. The summed E-state index contributed by atoms with van der Waals surface area (Å²) in [6, 6.07) is 0.0595. The number of aromatic nitrogens is 3. The van der Waals surface area contributed by atoms with Gasteiger partial charge in [0.2, 0.25) is 5.88 Å². The molecule has 25 heavy (non-hydrogen) atoms. The molecule has 2 aromatic heterocycles. The Hall–Kier alpha value is -2.90. The molecular weight excluding hydrogens is 324 g/mol. The monoisotopic (exact) mass is 344 g/mol. The van der Waals surface area contributed by atoms with Gasteiger partial charge in [-0.3, -0.25) is 19.0 Å². The maximum atomic E-state index is 12.7. The van der Waals surface area contributed by atoms with Gasteiger partial charge in [0.1, 0.15) is 11.9 Å². The van der Waals surface area contributed by atoms with Crippen LogP contribution in [-0.4, -0.2) is 37.5 Å². The molecule has 0 saturated heterocycles. The minimum atomic E-state index is -0.684. The molecule has 0 unspecified atom stereocenters. The van der Waals surface area contributed by atoms with Gasteiger partial charge < -0.3 is 10.4 Å². The van der Waals surface area contributed by atoms with E-state index < -0.39 is 11.5 Å². The number of nitrogens with one attached hydrogen (secondary N) is 1. The van der Waals surface area contributed by atoms with Crippen molar-refractivity contribution < 1.29 is 14.7 Å². The van der Waals surface area contributed by atoms with Crippen molar-refractivity contribution in [2.24, 2.45) is 5.92 Å². The molecule has 0 atom stereocenters. The van der Waals surface area contributed by atoms with Gasteiger partial charge in [-0.2, -0.15) is 9.61 Å². The molecule has 2 N–H and O–H groups in total. The first-order valence-electron chi connectivity index (χ1n) is 8.20. The van der Waals surface area contributed by atoms with E-state index in [9.17, 15) is 19.5 Å². The summed E-state index contributed by atoms with van der Waals surface area (Å²) >= 11 is 0. The van der Waals surface area contributed by atoms with Gasteiger partial charge >= 0.3 is 0 Å². The lowest BCUT2D eigenvalue weighted by atomic mass is 10.2. The molecule has 2 aromatic rings. The number of allylic oxidation sites excluding steroid dienone is 1. The van der Waals surface area contributed by atoms with Gasteiger partial charge in [-0.05, 0) is 30.9 Å². The molecule has 0 aromatic carbocycles. The third-order valence-electron chi connectivity index (χ3n) is 3.95. The lowest BCUT2D eigenvalue weighted by molar-refractivity contribution is -0.104. The van der Waals surface area contributed by atoms with E-state index in [0.29, 0.717) is 24.0 Å². The lowest BCUT2D eigenvalue weighted by Crippen LogP contribution is -2.34. The molecule has 1 amide bonds. The fraction of sp³-hybridized carbons (Fsp3) is 0.412. The summed E-state index contributed by atoms with van der Waals surface area (Å²) < 4.78 is 2.58. The second-order valence-corrected chi connectivity index (χ2v) is 6.59. The highest BCUT2D eigenvalue weighted by molar-refractivity contribution is 5.96. The maximum Gasteiger partial charge on any atom is 0.291 e. The van der Waals surface area contributed by atoms with Gasteiger partial charge in [0.25, 0.3) is 11.5 Å². The zero-order valence-corrected chi connectivity index (χ0v) is 14.1. The van der Waals surface area contributed by atoms with Crippen LogP contribution in [0, 0.1) is 5.92 Å². The Morgan fingerprint density at radius 3 is 2.80 bits per heavy atom. The van der Waals surface area contributed by atoms with E-state index in [1.807, 2.05) is 13.8 Å². The molecule has 1 aliphatic rings. The number of carbonyl (C=O) groups is 2. The second kappa shape index (κ2) is 6.54. The van der Waals surface area contributed by atoms with Crippen molar-refractivity contribution in [1.29, 1.82) is 0 Å². The third kappa shape index (κ3) is 3.19. The number of aromatic hydroxyl groups is 1. The van der Waals surface area contributed by atoms with Crippen LogP contribution in [0.25, 0.3) is 11.7 Å². The fourth-order valence-corrected chi connectivity index (χ4v) is 2.69. The van der Waals surface area contributed by atoms with E-state index in [2.05, 4.69) is 10.4 Å². The highest BCUT2D eigenvalue weighted by atomic mass is 16.3. The van der Waals surface area contributed by atoms with Crippen LogP contribution in [0.15, 0.2) is 17.1 Å². The van der Waals surface area contributed by atoms with E-state index >= 15 is 0 Å². The van der Waals surface area contributed by atoms with Crippen LogP contribution in [0.5, 0.6) is 5.88 Å². The van der Waals surface area contributed by atoms with Crippen LogP contribution in [0.2, 0.25) is 0 Å². The van der Waals surface area contributed by atoms with E-state index in [1.54, 1.807) is 0 Å². The summed E-state index contributed by atoms with van der Waals surface area (Å²) in [5, 5.41) is 17.4. The summed E-state index contributed by atoms with van der Waals surface area (Å²) in [6.45, 7) is 4.29. The number of rotatable bonds is 6. The number of nitrogens with zero attached hydrogens (tertiary/aromatic N) is 3. The third-order valence-corrected chi connectivity index (χ3v) is 3.95. The topological polar surface area (TPSA) is 106 Å². The van der Waals surface area contributed by atoms with Crippen molar-refractivity contribution in [1.82, 2.24) is 19.5 Å². The molecule has 132 valence electrons. The van der Waals surface area contributed by atoms with Crippen LogP contribution < -0.4 is 10.9 Å². The highest BCUT2D eigenvalue weighted by Crippen LogP contribution is 2.24. The van der Waals surface area contributed by atoms with Crippen LogP contribution in [-0.2, 0) is 11.3 Å². The molecule has 0 spiro atoms. The minimum absolute atomic E-state index is 0.0595. The van der Waals surface area contributed by atoms with Crippen molar-refractivity contribution in [2.75, 3.05) is 0 Å². The average molecular weight is 344 g/mol. The number of fused-ring (bicyclic) bond motifs is 1. The van der Waals surface area contributed by atoms with Crippen molar-refractivity contribution in [2.45, 2.75) is 39.3 Å². The summed E-state index contributed by atoms with van der Waals surface area (Å²) in [6.07, 6.45) is 6.58. The minimum Gasteiger partial charge on any atom is -0.494 e. The van der Waals surface area contributed by atoms with E-state index in [1.165, 1.54) is 22.9 Å². The SMILES string of the molecule is CC(C)Cn1c(O)c(C(=O)NC2CC2)c(=O)n2ncc(/C=C/C=O)c12. The lowest BCUT2D eigenvalue weighted by Gasteiger charge is -2.17. The number of amides is 1. The van der Waals surface area contributed by atoms with Gasteiger partial charge in [-0.15, -0.1) is 0 Å².